The van der Waals surface area contributed by atoms with Crippen LogP contribution in [0.25, 0.3) is 0 Å². The monoisotopic (exact) mass is 295 g/mol. The lowest BCUT2D eigenvalue weighted by Crippen LogP contribution is -2.39. The molecule has 0 bridgehead atoms. The van der Waals surface area contributed by atoms with Crippen LogP contribution in [0.1, 0.15) is 18.4 Å². The van der Waals surface area contributed by atoms with E-state index in [1.54, 1.807) is 0 Å². The van der Waals surface area contributed by atoms with Crippen LogP contribution in [0.4, 0.5) is 0 Å². The van der Waals surface area contributed by atoms with Crippen molar-refractivity contribution in [2.45, 2.75) is 19.3 Å². The van der Waals surface area contributed by atoms with Crippen LogP contribution in [0.2, 0.25) is 0 Å². The van der Waals surface area contributed by atoms with E-state index < -0.39 is 0 Å². The Kier molecular flexibility index (Phi) is 6.31. The Hall–Kier alpha value is -1.75. The number of rotatable bonds is 2. The minimum Gasteiger partial charge on any atom is -0.370 e. The van der Waals surface area contributed by atoms with Crippen LogP contribution >= 0.6 is 12.4 Å². The average molecular weight is 296 g/mol. The van der Waals surface area contributed by atoms with Gasteiger partial charge in [-0.3, -0.25) is 5.41 Å². The zero-order valence-electron chi connectivity index (χ0n) is 11.5. The summed E-state index contributed by atoms with van der Waals surface area (Å²) < 4.78 is 0. The Balaban J connectivity index is 0.00000200. The first kappa shape index (κ1) is 16.3. The van der Waals surface area contributed by atoms with Gasteiger partial charge in [0.1, 0.15) is 0 Å². The zero-order chi connectivity index (χ0) is 13.7. The highest BCUT2D eigenvalue weighted by Crippen LogP contribution is 2.21. The molecule has 0 amide bonds. The lowest BCUT2D eigenvalue weighted by Gasteiger charge is -2.32. The molecule has 0 saturated carbocycles. The molecule has 5 N–H and O–H groups in total. The first-order valence-corrected chi connectivity index (χ1v) is 6.62. The van der Waals surface area contributed by atoms with Gasteiger partial charge in [-0.1, -0.05) is 30.3 Å². The van der Waals surface area contributed by atoms with Crippen LogP contribution in [-0.2, 0) is 6.42 Å². The van der Waals surface area contributed by atoms with Crippen LogP contribution in [0.5, 0.6) is 0 Å². The molecule has 1 aromatic carbocycles. The maximum Gasteiger partial charge on any atom is 0.221 e. The van der Waals surface area contributed by atoms with Crippen molar-refractivity contribution in [2.24, 2.45) is 22.4 Å². The number of benzene rings is 1. The van der Waals surface area contributed by atoms with Gasteiger partial charge in [-0.2, -0.15) is 4.99 Å². The molecule has 2 rings (SSSR count). The van der Waals surface area contributed by atoms with E-state index in [1.165, 1.54) is 5.56 Å². The number of hydrogen-bond acceptors (Lipinski definition) is 1. The molecule has 0 atom stereocenters. The summed E-state index contributed by atoms with van der Waals surface area (Å²) in [6.45, 7) is 1.71. The van der Waals surface area contributed by atoms with Gasteiger partial charge in [-0.25, -0.2) is 0 Å². The summed E-state index contributed by atoms with van der Waals surface area (Å²) in [6.07, 6.45) is 3.28. The standard InChI is InChI=1S/C14H21N5.ClH/c15-13(16)18-14(17)19-8-6-12(7-9-19)10-11-4-2-1-3-5-11;/h1-5,12H,6-10H2,(H5,15,16,17,18);1H. The van der Waals surface area contributed by atoms with Crippen LogP contribution in [0, 0.1) is 11.3 Å². The van der Waals surface area contributed by atoms with Gasteiger partial charge in [-0.15, -0.1) is 12.4 Å². The van der Waals surface area contributed by atoms with Gasteiger partial charge < -0.3 is 16.4 Å². The summed E-state index contributed by atoms with van der Waals surface area (Å²) in [6, 6.07) is 10.6. The number of hydrogen-bond donors (Lipinski definition) is 3. The van der Waals surface area contributed by atoms with Gasteiger partial charge in [0.25, 0.3) is 0 Å². The summed E-state index contributed by atoms with van der Waals surface area (Å²) in [4.78, 5) is 5.72. The molecule has 0 aliphatic carbocycles. The second-order valence-corrected chi connectivity index (χ2v) is 4.98. The summed E-state index contributed by atoms with van der Waals surface area (Å²) in [7, 11) is 0. The maximum atomic E-state index is 7.78. The maximum absolute atomic E-state index is 7.78. The fraction of sp³-hybridized carbons (Fsp3) is 0.429. The Morgan fingerprint density at radius 2 is 1.80 bits per heavy atom. The quantitative estimate of drug-likeness (QED) is 0.571. The molecule has 0 spiro atoms. The number of piperidine rings is 1. The Morgan fingerprint density at radius 3 is 2.35 bits per heavy atom. The molecular formula is C14H22ClN5. The van der Waals surface area contributed by atoms with E-state index in [0.29, 0.717) is 5.92 Å². The van der Waals surface area contributed by atoms with Gasteiger partial charge in [0, 0.05) is 13.1 Å². The van der Waals surface area contributed by atoms with Gasteiger partial charge in [0.2, 0.25) is 5.96 Å². The highest BCUT2D eigenvalue weighted by molar-refractivity contribution is 5.91. The summed E-state index contributed by atoms with van der Waals surface area (Å²) >= 11 is 0. The van der Waals surface area contributed by atoms with E-state index in [1.807, 2.05) is 11.0 Å². The zero-order valence-corrected chi connectivity index (χ0v) is 12.3. The van der Waals surface area contributed by atoms with Gasteiger partial charge in [-0.05, 0) is 30.7 Å². The average Bonchev–Trinajstić information content (AvgIpc) is 2.40. The molecule has 1 aliphatic heterocycles. The van der Waals surface area contributed by atoms with E-state index in [9.17, 15) is 0 Å². The van der Waals surface area contributed by atoms with E-state index in [2.05, 4.69) is 29.3 Å². The van der Waals surface area contributed by atoms with Crippen molar-refractivity contribution in [3.63, 3.8) is 0 Å². The Labute approximate surface area is 126 Å². The second-order valence-electron chi connectivity index (χ2n) is 4.98. The van der Waals surface area contributed by atoms with Crippen molar-refractivity contribution >= 4 is 24.3 Å². The minimum absolute atomic E-state index is 0. The largest absolute Gasteiger partial charge is 0.370 e. The third kappa shape index (κ3) is 4.74. The van der Waals surface area contributed by atoms with Crippen LogP contribution in [-0.4, -0.2) is 29.9 Å². The van der Waals surface area contributed by atoms with Crippen molar-refractivity contribution in [2.75, 3.05) is 13.1 Å². The predicted octanol–water partition coefficient (Wildman–Crippen LogP) is 1.57. The van der Waals surface area contributed by atoms with Crippen molar-refractivity contribution in [1.82, 2.24) is 4.90 Å². The van der Waals surface area contributed by atoms with Crippen molar-refractivity contribution in [1.29, 1.82) is 5.41 Å². The molecule has 1 fully saturated rings. The van der Waals surface area contributed by atoms with E-state index in [4.69, 9.17) is 16.9 Å². The molecule has 0 aromatic heterocycles. The first-order valence-electron chi connectivity index (χ1n) is 6.62. The number of nitrogens with one attached hydrogen (secondary N) is 1. The third-order valence-corrected chi connectivity index (χ3v) is 3.52. The van der Waals surface area contributed by atoms with Crippen LogP contribution in [0.15, 0.2) is 35.3 Å². The number of halogens is 1. The lowest BCUT2D eigenvalue weighted by atomic mass is 9.90. The van der Waals surface area contributed by atoms with Crippen molar-refractivity contribution in [3.05, 3.63) is 35.9 Å². The third-order valence-electron chi connectivity index (χ3n) is 3.52. The fourth-order valence-corrected chi connectivity index (χ4v) is 2.49. The van der Waals surface area contributed by atoms with Crippen molar-refractivity contribution < 1.29 is 0 Å². The molecule has 1 aromatic rings. The topological polar surface area (TPSA) is 91.5 Å². The van der Waals surface area contributed by atoms with E-state index in [-0.39, 0.29) is 24.3 Å². The Morgan fingerprint density at radius 1 is 1.20 bits per heavy atom. The summed E-state index contributed by atoms with van der Waals surface area (Å²) in [5, 5.41) is 7.78. The highest BCUT2D eigenvalue weighted by atomic mass is 35.5. The summed E-state index contributed by atoms with van der Waals surface area (Å²) in [5.74, 6) is 0.820. The van der Waals surface area contributed by atoms with E-state index >= 15 is 0 Å². The van der Waals surface area contributed by atoms with Crippen molar-refractivity contribution in [3.8, 4) is 0 Å². The smallest absolute Gasteiger partial charge is 0.221 e. The summed E-state index contributed by atoms with van der Waals surface area (Å²) in [5.41, 5.74) is 12.0. The van der Waals surface area contributed by atoms with E-state index in [0.717, 1.165) is 32.4 Å². The number of nitrogens with two attached hydrogens (primary N) is 2. The molecule has 5 nitrogen and oxygen atoms in total. The molecule has 110 valence electrons. The molecule has 20 heavy (non-hydrogen) atoms. The first-order chi connectivity index (χ1) is 9.15. The number of likely N-dealkylation sites (tertiary alicyclic amines) is 1. The number of aliphatic imine (C=N–C) groups is 1. The van der Waals surface area contributed by atoms with Gasteiger partial charge in [0.15, 0.2) is 5.96 Å². The highest BCUT2D eigenvalue weighted by Gasteiger charge is 2.21. The minimum atomic E-state index is -0.0450. The fourth-order valence-electron chi connectivity index (χ4n) is 2.49. The Bertz CT molecular complexity index is 448. The number of nitrogens with zero attached hydrogens (tertiary/aromatic N) is 2. The molecule has 0 radical (unpaired) electrons. The molecule has 6 heteroatoms. The lowest BCUT2D eigenvalue weighted by molar-refractivity contribution is 0.262. The molecule has 1 heterocycles. The second kappa shape index (κ2) is 7.75. The normalized spacial score (nSPS) is 15.3. The molecular weight excluding hydrogens is 274 g/mol. The molecule has 1 saturated heterocycles. The SMILES string of the molecule is Cl.N=C(N=C(N)N)N1CCC(Cc2ccccc2)CC1. The number of guanidine groups is 2. The predicted molar refractivity (Wildman–Crippen MR) is 85.2 cm³/mol. The molecule has 1 aliphatic rings. The molecule has 0 unspecified atom stereocenters. The van der Waals surface area contributed by atoms with Crippen LogP contribution in [0.3, 0.4) is 0 Å². The van der Waals surface area contributed by atoms with Gasteiger partial charge in [0.05, 0.1) is 0 Å². The van der Waals surface area contributed by atoms with Crippen LogP contribution < -0.4 is 11.5 Å². The van der Waals surface area contributed by atoms with Gasteiger partial charge >= 0.3 is 0 Å².